The van der Waals surface area contributed by atoms with Crippen LogP contribution in [0.1, 0.15) is 28.4 Å². The lowest BCUT2D eigenvalue weighted by Crippen LogP contribution is -2.23. The van der Waals surface area contributed by atoms with Crippen LogP contribution in [0.15, 0.2) is 36.8 Å². The molecule has 1 atom stereocenters. The van der Waals surface area contributed by atoms with Gasteiger partial charge in [-0.25, -0.2) is 4.98 Å². The van der Waals surface area contributed by atoms with Gasteiger partial charge < -0.3 is 10.7 Å². The molecule has 0 spiro atoms. The van der Waals surface area contributed by atoms with Gasteiger partial charge in [-0.3, -0.25) is 4.98 Å². The third kappa shape index (κ3) is 2.79. The molecule has 0 bridgehead atoms. The highest BCUT2D eigenvalue weighted by atomic mass is 19.4. The number of pyridine rings is 1. The smallest absolute Gasteiger partial charge is 0.348 e. The summed E-state index contributed by atoms with van der Waals surface area (Å²) in [6, 6.07) is 6.84. The molecule has 1 unspecified atom stereocenters. The van der Waals surface area contributed by atoms with Gasteiger partial charge in [0.2, 0.25) is 0 Å². The summed E-state index contributed by atoms with van der Waals surface area (Å²) in [5.41, 5.74) is 7.47. The maximum Gasteiger partial charge on any atom is 0.401 e. The van der Waals surface area contributed by atoms with Crippen LogP contribution >= 0.6 is 0 Å². The Kier molecular flexibility index (Phi) is 3.81. The molecule has 0 saturated carbocycles. The number of aromatic amines is 1. The van der Waals surface area contributed by atoms with Gasteiger partial charge >= 0.3 is 6.18 Å². The zero-order valence-corrected chi connectivity index (χ0v) is 12.4. The molecule has 23 heavy (non-hydrogen) atoms. The lowest BCUT2D eigenvalue weighted by molar-refractivity contribution is -0.142. The van der Waals surface area contributed by atoms with Crippen LogP contribution in [0, 0.1) is 6.92 Å². The van der Waals surface area contributed by atoms with Crippen LogP contribution < -0.4 is 5.73 Å². The molecule has 2 aromatic heterocycles. The van der Waals surface area contributed by atoms with E-state index in [1.807, 2.05) is 0 Å². The first-order valence-electron chi connectivity index (χ1n) is 7.06. The van der Waals surface area contributed by atoms with Gasteiger partial charge in [0, 0.05) is 23.8 Å². The van der Waals surface area contributed by atoms with Crippen molar-refractivity contribution in [3.05, 3.63) is 59.3 Å². The fraction of sp³-hybridized carbons (Fsp3) is 0.250. The third-order valence-corrected chi connectivity index (χ3v) is 3.86. The van der Waals surface area contributed by atoms with Gasteiger partial charge in [-0.05, 0) is 30.2 Å². The van der Waals surface area contributed by atoms with Crippen molar-refractivity contribution in [2.45, 2.75) is 25.6 Å². The normalized spacial score (nSPS) is 13.4. The van der Waals surface area contributed by atoms with E-state index in [4.69, 9.17) is 5.73 Å². The summed E-state index contributed by atoms with van der Waals surface area (Å²) in [4.78, 5) is 10.7. The van der Waals surface area contributed by atoms with E-state index in [-0.39, 0.29) is 17.8 Å². The van der Waals surface area contributed by atoms with E-state index in [0.29, 0.717) is 16.6 Å². The fourth-order valence-electron chi connectivity index (χ4n) is 2.72. The molecule has 2 heterocycles. The number of halogens is 3. The summed E-state index contributed by atoms with van der Waals surface area (Å²) in [5.74, 6) is -1.82. The highest BCUT2D eigenvalue weighted by Crippen LogP contribution is 2.40. The van der Waals surface area contributed by atoms with Crippen LogP contribution in [0.4, 0.5) is 13.2 Å². The number of benzene rings is 1. The summed E-state index contributed by atoms with van der Waals surface area (Å²) in [7, 11) is 0. The molecule has 0 aliphatic rings. The van der Waals surface area contributed by atoms with E-state index >= 15 is 0 Å². The van der Waals surface area contributed by atoms with Crippen molar-refractivity contribution in [2.75, 3.05) is 0 Å². The summed E-state index contributed by atoms with van der Waals surface area (Å²) in [6.07, 6.45) is -1.94. The first kappa shape index (κ1) is 15.5. The van der Waals surface area contributed by atoms with E-state index in [2.05, 4.69) is 15.0 Å². The molecule has 7 heteroatoms. The molecule has 120 valence electrons. The summed E-state index contributed by atoms with van der Waals surface area (Å²) >= 11 is 0. The largest absolute Gasteiger partial charge is 0.401 e. The van der Waals surface area contributed by atoms with Crippen LogP contribution in [0.25, 0.3) is 10.9 Å². The van der Waals surface area contributed by atoms with Gasteiger partial charge in [0.15, 0.2) is 0 Å². The fourth-order valence-corrected chi connectivity index (χ4v) is 2.72. The average molecular weight is 320 g/mol. The minimum Gasteiger partial charge on any atom is -0.348 e. The molecule has 3 N–H and O–H groups in total. The molecule has 0 aliphatic heterocycles. The Bertz CT molecular complexity index is 839. The van der Waals surface area contributed by atoms with E-state index in [1.165, 1.54) is 18.6 Å². The lowest BCUT2D eigenvalue weighted by Gasteiger charge is -2.20. The quantitative estimate of drug-likeness (QED) is 0.777. The van der Waals surface area contributed by atoms with Crippen LogP contribution in [0.2, 0.25) is 0 Å². The number of H-pyrrole nitrogens is 1. The second-order valence-electron chi connectivity index (χ2n) is 5.34. The molecule has 3 aromatic rings. The average Bonchev–Trinajstić information content (AvgIpc) is 2.91. The van der Waals surface area contributed by atoms with Gasteiger partial charge in [0.25, 0.3) is 0 Å². The number of alkyl halides is 3. The first-order valence-corrected chi connectivity index (χ1v) is 7.06. The Hall–Kier alpha value is -2.41. The van der Waals surface area contributed by atoms with Crippen LogP contribution in [0.5, 0.6) is 0 Å². The van der Waals surface area contributed by atoms with E-state index < -0.39 is 12.1 Å². The number of aromatic nitrogens is 3. The zero-order chi connectivity index (χ0) is 16.6. The zero-order valence-electron chi connectivity index (χ0n) is 12.4. The molecular weight excluding hydrogens is 305 g/mol. The van der Waals surface area contributed by atoms with E-state index in [0.717, 1.165) is 5.56 Å². The molecule has 0 fully saturated rings. The minimum absolute atomic E-state index is 0.0381. The number of hydrogen-bond donors (Lipinski definition) is 2. The van der Waals surface area contributed by atoms with Crippen molar-refractivity contribution in [2.24, 2.45) is 5.73 Å². The van der Waals surface area contributed by atoms with Crippen molar-refractivity contribution in [3.8, 4) is 0 Å². The first-order chi connectivity index (χ1) is 10.9. The third-order valence-electron chi connectivity index (χ3n) is 3.86. The summed E-state index contributed by atoms with van der Waals surface area (Å²) < 4.78 is 40.9. The monoisotopic (exact) mass is 320 g/mol. The van der Waals surface area contributed by atoms with E-state index in [9.17, 15) is 13.2 Å². The Morgan fingerprint density at radius 1 is 1.26 bits per heavy atom. The van der Waals surface area contributed by atoms with E-state index in [1.54, 1.807) is 25.1 Å². The molecular formula is C16H15F3N4. The van der Waals surface area contributed by atoms with Crippen LogP contribution in [-0.2, 0) is 6.54 Å². The maximum absolute atomic E-state index is 13.6. The number of nitrogens with two attached hydrogens (primary N) is 1. The second kappa shape index (κ2) is 5.66. The Morgan fingerprint density at radius 3 is 2.65 bits per heavy atom. The highest BCUT2D eigenvalue weighted by molar-refractivity contribution is 5.82. The van der Waals surface area contributed by atoms with Crippen molar-refractivity contribution in [3.63, 3.8) is 0 Å². The van der Waals surface area contributed by atoms with Crippen LogP contribution in [0.3, 0.4) is 0 Å². The summed E-state index contributed by atoms with van der Waals surface area (Å²) in [6.45, 7) is 1.81. The van der Waals surface area contributed by atoms with Gasteiger partial charge in [0.1, 0.15) is 5.92 Å². The van der Waals surface area contributed by atoms with Crippen molar-refractivity contribution in [1.82, 2.24) is 15.0 Å². The number of hydrogen-bond acceptors (Lipinski definition) is 3. The van der Waals surface area contributed by atoms with Crippen LogP contribution in [-0.4, -0.2) is 21.1 Å². The molecule has 0 aliphatic carbocycles. The molecule has 1 aromatic carbocycles. The molecule has 3 rings (SSSR count). The van der Waals surface area contributed by atoms with Crippen molar-refractivity contribution >= 4 is 10.9 Å². The van der Waals surface area contributed by atoms with Gasteiger partial charge in [0.05, 0.1) is 17.5 Å². The molecule has 0 saturated heterocycles. The molecule has 0 amide bonds. The van der Waals surface area contributed by atoms with Crippen molar-refractivity contribution in [1.29, 1.82) is 0 Å². The number of fused-ring (bicyclic) bond motifs is 1. The minimum atomic E-state index is -4.47. The molecule has 4 nitrogen and oxygen atoms in total. The topological polar surface area (TPSA) is 67.6 Å². The maximum atomic E-state index is 13.6. The predicted octanol–water partition coefficient (Wildman–Crippen LogP) is 3.42. The SMILES string of the molecule is Cc1[nH]cnc1C(c1cnc2cccc(CN)c2c1)C(F)(F)F. The second-order valence-corrected chi connectivity index (χ2v) is 5.34. The number of nitrogens with one attached hydrogen (secondary N) is 1. The Labute approximate surface area is 130 Å². The van der Waals surface area contributed by atoms with Gasteiger partial charge in [-0.2, -0.15) is 13.2 Å². The lowest BCUT2D eigenvalue weighted by atomic mass is 9.93. The predicted molar refractivity (Wildman–Crippen MR) is 80.9 cm³/mol. The number of aryl methyl sites for hydroxylation is 1. The Morgan fingerprint density at radius 2 is 2.04 bits per heavy atom. The molecule has 0 radical (unpaired) electrons. The van der Waals surface area contributed by atoms with Crippen molar-refractivity contribution < 1.29 is 13.2 Å². The van der Waals surface area contributed by atoms with Gasteiger partial charge in [-0.15, -0.1) is 0 Å². The Balaban J connectivity index is 2.21. The number of nitrogens with zero attached hydrogens (tertiary/aromatic N) is 2. The number of imidazole rings is 1. The summed E-state index contributed by atoms with van der Waals surface area (Å²) in [5, 5.41) is 0.634. The number of rotatable bonds is 3. The standard InChI is InChI=1S/C16H15F3N4/c1-9-15(23-8-22-9)14(16(17,18)19)11-5-12-10(6-20)3-2-4-13(12)21-7-11/h2-5,7-8,14H,6,20H2,1H3,(H,22,23). The van der Waals surface area contributed by atoms with Gasteiger partial charge in [-0.1, -0.05) is 12.1 Å². The highest BCUT2D eigenvalue weighted by Gasteiger charge is 2.44.